The van der Waals surface area contributed by atoms with E-state index >= 15 is 0 Å². The fraction of sp³-hybridized carbons (Fsp3) is 0.462. The molecule has 3 heteroatoms. The van der Waals surface area contributed by atoms with Crippen LogP contribution in [0.1, 0.15) is 24.5 Å². The van der Waals surface area contributed by atoms with Gasteiger partial charge in [-0.2, -0.15) is 0 Å². The summed E-state index contributed by atoms with van der Waals surface area (Å²) in [6, 6.07) is 6.27. The van der Waals surface area contributed by atoms with E-state index in [9.17, 15) is 4.79 Å². The second-order valence-corrected chi connectivity index (χ2v) is 5.67. The highest BCUT2D eigenvalue weighted by molar-refractivity contribution is 9.10. The average Bonchev–Trinajstić information content (AvgIpc) is 2.27. The Hall–Kier alpha value is -0.830. The molecule has 16 heavy (non-hydrogen) atoms. The molecular formula is C13H16BrNO. The standard InChI is InChI=1S/C13H16BrNO/c1-9-5-3-6-11-7-4-8-15(12(9)11)13(16)10(2)14/h3,5-6,10H,4,7-8H2,1-2H3. The minimum absolute atomic E-state index is 0.113. The molecule has 0 aromatic heterocycles. The van der Waals surface area contributed by atoms with E-state index in [1.807, 2.05) is 11.8 Å². The molecule has 0 saturated carbocycles. The Morgan fingerprint density at radius 1 is 1.50 bits per heavy atom. The van der Waals surface area contributed by atoms with Gasteiger partial charge in [0.05, 0.1) is 4.83 Å². The van der Waals surface area contributed by atoms with Gasteiger partial charge in [0.25, 0.3) is 0 Å². The molecule has 2 nitrogen and oxygen atoms in total. The zero-order valence-electron chi connectivity index (χ0n) is 9.66. The fourth-order valence-electron chi connectivity index (χ4n) is 2.28. The predicted octanol–water partition coefficient (Wildman–Crippen LogP) is 3.06. The van der Waals surface area contributed by atoms with Crippen molar-refractivity contribution in [2.45, 2.75) is 31.5 Å². The first-order chi connectivity index (χ1) is 7.61. The highest BCUT2D eigenvalue weighted by Crippen LogP contribution is 2.31. The third kappa shape index (κ3) is 2.01. The minimum atomic E-state index is -0.113. The number of carbonyl (C=O) groups excluding carboxylic acids is 1. The first kappa shape index (κ1) is 11.6. The van der Waals surface area contributed by atoms with Gasteiger partial charge in [0.2, 0.25) is 5.91 Å². The molecule has 1 aliphatic heterocycles. The van der Waals surface area contributed by atoms with Gasteiger partial charge in [-0.15, -0.1) is 0 Å². The molecule has 0 bridgehead atoms. The quantitative estimate of drug-likeness (QED) is 0.725. The van der Waals surface area contributed by atoms with E-state index in [0.717, 1.165) is 25.1 Å². The normalized spacial score (nSPS) is 16.8. The van der Waals surface area contributed by atoms with Crippen LogP contribution in [-0.4, -0.2) is 17.3 Å². The van der Waals surface area contributed by atoms with Gasteiger partial charge in [0, 0.05) is 12.2 Å². The lowest BCUT2D eigenvalue weighted by atomic mass is 9.98. The lowest BCUT2D eigenvalue weighted by Crippen LogP contribution is -2.39. The second kappa shape index (κ2) is 4.58. The fourth-order valence-corrected chi connectivity index (χ4v) is 2.53. The molecule has 1 atom stereocenters. The highest BCUT2D eigenvalue weighted by atomic mass is 79.9. The summed E-state index contributed by atoms with van der Waals surface area (Å²) in [5.41, 5.74) is 3.62. The molecule has 0 radical (unpaired) electrons. The van der Waals surface area contributed by atoms with Crippen LogP contribution in [0.5, 0.6) is 0 Å². The molecule has 0 saturated heterocycles. The number of aryl methyl sites for hydroxylation is 2. The summed E-state index contributed by atoms with van der Waals surface area (Å²) in [6.07, 6.45) is 2.14. The maximum atomic E-state index is 12.1. The Kier molecular flexibility index (Phi) is 3.33. The van der Waals surface area contributed by atoms with Gasteiger partial charge in [-0.3, -0.25) is 4.79 Å². The summed E-state index contributed by atoms with van der Waals surface area (Å²) in [5, 5.41) is 0. The third-order valence-electron chi connectivity index (χ3n) is 3.03. The number of alkyl halides is 1. The average molecular weight is 282 g/mol. The van der Waals surface area contributed by atoms with Gasteiger partial charge >= 0.3 is 0 Å². The van der Waals surface area contributed by atoms with Crippen LogP contribution in [-0.2, 0) is 11.2 Å². The molecular weight excluding hydrogens is 266 g/mol. The number of para-hydroxylation sites is 1. The summed E-state index contributed by atoms with van der Waals surface area (Å²) in [4.78, 5) is 13.9. The topological polar surface area (TPSA) is 20.3 Å². The van der Waals surface area contributed by atoms with Crippen LogP contribution < -0.4 is 4.90 Å². The van der Waals surface area contributed by atoms with E-state index < -0.39 is 0 Å². The first-order valence-corrected chi connectivity index (χ1v) is 6.57. The molecule has 86 valence electrons. The zero-order valence-corrected chi connectivity index (χ0v) is 11.3. The monoisotopic (exact) mass is 281 g/mol. The number of nitrogens with zero attached hydrogens (tertiary/aromatic N) is 1. The van der Waals surface area contributed by atoms with E-state index in [1.54, 1.807) is 0 Å². The second-order valence-electron chi connectivity index (χ2n) is 4.29. The van der Waals surface area contributed by atoms with Crippen LogP contribution >= 0.6 is 15.9 Å². The van der Waals surface area contributed by atoms with E-state index in [2.05, 4.69) is 41.1 Å². The van der Waals surface area contributed by atoms with Gasteiger partial charge in [0.15, 0.2) is 0 Å². The smallest absolute Gasteiger partial charge is 0.240 e. The number of fused-ring (bicyclic) bond motifs is 1. The van der Waals surface area contributed by atoms with Crippen LogP contribution in [0.4, 0.5) is 5.69 Å². The van der Waals surface area contributed by atoms with Crippen molar-refractivity contribution < 1.29 is 4.79 Å². The maximum Gasteiger partial charge on any atom is 0.240 e. The minimum Gasteiger partial charge on any atom is -0.311 e. The molecule has 1 aliphatic rings. The number of anilines is 1. The summed E-state index contributed by atoms with van der Waals surface area (Å²) >= 11 is 3.36. The summed E-state index contributed by atoms with van der Waals surface area (Å²) < 4.78 is 0. The van der Waals surface area contributed by atoms with Crippen molar-refractivity contribution in [1.82, 2.24) is 0 Å². The van der Waals surface area contributed by atoms with Crippen molar-refractivity contribution >= 4 is 27.5 Å². The molecule has 0 spiro atoms. The van der Waals surface area contributed by atoms with Crippen molar-refractivity contribution in [3.63, 3.8) is 0 Å². The molecule has 1 unspecified atom stereocenters. The van der Waals surface area contributed by atoms with E-state index in [-0.39, 0.29) is 10.7 Å². The largest absolute Gasteiger partial charge is 0.311 e. The van der Waals surface area contributed by atoms with Crippen LogP contribution in [0, 0.1) is 6.92 Å². The number of benzene rings is 1. The van der Waals surface area contributed by atoms with Gasteiger partial charge in [-0.25, -0.2) is 0 Å². The Morgan fingerprint density at radius 2 is 2.25 bits per heavy atom. The Morgan fingerprint density at radius 3 is 2.94 bits per heavy atom. The van der Waals surface area contributed by atoms with Crippen molar-refractivity contribution in [2.75, 3.05) is 11.4 Å². The van der Waals surface area contributed by atoms with Crippen molar-refractivity contribution in [2.24, 2.45) is 0 Å². The lowest BCUT2D eigenvalue weighted by Gasteiger charge is -2.31. The van der Waals surface area contributed by atoms with E-state index in [0.29, 0.717) is 0 Å². The summed E-state index contributed by atoms with van der Waals surface area (Å²) in [5.74, 6) is 0.162. The van der Waals surface area contributed by atoms with Gasteiger partial charge in [0.1, 0.15) is 0 Å². The van der Waals surface area contributed by atoms with Crippen LogP contribution in [0.2, 0.25) is 0 Å². The van der Waals surface area contributed by atoms with E-state index in [4.69, 9.17) is 0 Å². The van der Waals surface area contributed by atoms with Crippen LogP contribution in [0.15, 0.2) is 18.2 Å². The van der Waals surface area contributed by atoms with Gasteiger partial charge in [-0.1, -0.05) is 34.1 Å². The Balaban J connectivity index is 2.43. The van der Waals surface area contributed by atoms with Crippen LogP contribution in [0.25, 0.3) is 0 Å². The molecule has 0 fully saturated rings. The van der Waals surface area contributed by atoms with Crippen molar-refractivity contribution in [3.05, 3.63) is 29.3 Å². The number of rotatable bonds is 1. The predicted molar refractivity (Wildman–Crippen MR) is 70.2 cm³/mol. The first-order valence-electron chi connectivity index (χ1n) is 5.65. The molecule has 0 aliphatic carbocycles. The molecule has 1 aromatic rings. The molecule has 1 amide bonds. The Bertz CT molecular complexity index is 414. The number of hydrogen-bond acceptors (Lipinski definition) is 1. The maximum absolute atomic E-state index is 12.1. The third-order valence-corrected chi connectivity index (χ3v) is 3.42. The van der Waals surface area contributed by atoms with Crippen molar-refractivity contribution in [3.8, 4) is 0 Å². The van der Waals surface area contributed by atoms with Gasteiger partial charge in [-0.05, 0) is 37.8 Å². The number of amides is 1. The zero-order chi connectivity index (χ0) is 11.7. The summed E-state index contributed by atoms with van der Waals surface area (Å²) in [7, 11) is 0. The Labute approximate surface area is 105 Å². The highest BCUT2D eigenvalue weighted by Gasteiger charge is 2.25. The summed E-state index contributed by atoms with van der Waals surface area (Å²) in [6.45, 7) is 4.80. The van der Waals surface area contributed by atoms with Crippen molar-refractivity contribution in [1.29, 1.82) is 0 Å². The van der Waals surface area contributed by atoms with Gasteiger partial charge < -0.3 is 4.90 Å². The number of hydrogen-bond donors (Lipinski definition) is 0. The molecule has 1 aromatic carbocycles. The number of carbonyl (C=O) groups is 1. The van der Waals surface area contributed by atoms with E-state index in [1.165, 1.54) is 11.1 Å². The molecule has 2 rings (SSSR count). The SMILES string of the molecule is Cc1cccc2c1N(C(=O)C(C)Br)CCC2. The molecule has 1 heterocycles. The lowest BCUT2D eigenvalue weighted by molar-refractivity contribution is -0.117. The number of halogens is 1. The van der Waals surface area contributed by atoms with Crippen LogP contribution in [0.3, 0.4) is 0 Å². The molecule has 0 N–H and O–H groups in total.